The Hall–Kier alpha value is -1.06. The minimum Gasteiger partial charge on any atom is -0.494 e. The molecule has 1 heterocycles. The van der Waals surface area contributed by atoms with Gasteiger partial charge in [-0.05, 0) is 44.4 Å². The maximum absolute atomic E-state index is 6.29. The van der Waals surface area contributed by atoms with E-state index >= 15 is 0 Å². The SMILES string of the molecule is CCOc1ccc(C(N)C2(C)CCCO2)cc1. The monoisotopic (exact) mass is 235 g/mol. The summed E-state index contributed by atoms with van der Waals surface area (Å²) < 4.78 is 11.2. The maximum atomic E-state index is 6.29. The van der Waals surface area contributed by atoms with Crippen molar-refractivity contribution in [2.75, 3.05) is 13.2 Å². The van der Waals surface area contributed by atoms with Gasteiger partial charge in [-0.2, -0.15) is 0 Å². The summed E-state index contributed by atoms with van der Waals surface area (Å²) in [5.41, 5.74) is 7.19. The van der Waals surface area contributed by atoms with Gasteiger partial charge in [0, 0.05) is 6.61 Å². The summed E-state index contributed by atoms with van der Waals surface area (Å²) in [7, 11) is 0. The fourth-order valence-electron chi connectivity index (χ4n) is 2.34. The fraction of sp³-hybridized carbons (Fsp3) is 0.571. The highest BCUT2D eigenvalue weighted by atomic mass is 16.5. The molecule has 17 heavy (non-hydrogen) atoms. The number of hydrogen-bond donors (Lipinski definition) is 1. The molecule has 2 N–H and O–H groups in total. The molecule has 0 aromatic heterocycles. The normalized spacial score (nSPS) is 25.8. The molecule has 2 rings (SSSR count). The lowest BCUT2D eigenvalue weighted by atomic mass is 9.88. The molecule has 0 amide bonds. The number of ether oxygens (including phenoxy) is 2. The second kappa shape index (κ2) is 5.07. The van der Waals surface area contributed by atoms with Crippen LogP contribution < -0.4 is 10.5 Å². The first-order chi connectivity index (χ1) is 8.15. The fourth-order valence-corrected chi connectivity index (χ4v) is 2.34. The van der Waals surface area contributed by atoms with E-state index in [0.717, 1.165) is 30.8 Å². The van der Waals surface area contributed by atoms with E-state index in [4.69, 9.17) is 15.2 Å². The molecule has 2 atom stereocenters. The number of benzene rings is 1. The van der Waals surface area contributed by atoms with Crippen molar-refractivity contribution in [1.29, 1.82) is 0 Å². The van der Waals surface area contributed by atoms with Gasteiger partial charge in [-0.3, -0.25) is 0 Å². The quantitative estimate of drug-likeness (QED) is 0.872. The van der Waals surface area contributed by atoms with Crippen LogP contribution in [0.1, 0.15) is 38.3 Å². The number of rotatable bonds is 4. The van der Waals surface area contributed by atoms with Gasteiger partial charge in [-0.15, -0.1) is 0 Å². The van der Waals surface area contributed by atoms with Crippen LogP contribution in [-0.2, 0) is 4.74 Å². The van der Waals surface area contributed by atoms with E-state index in [1.54, 1.807) is 0 Å². The van der Waals surface area contributed by atoms with Crippen molar-refractivity contribution in [3.05, 3.63) is 29.8 Å². The van der Waals surface area contributed by atoms with Crippen LogP contribution in [0.15, 0.2) is 24.3 Å². The Kier molecular flexibility index (Phi) is 3.69. The van der Waals surface area contributed by atoms with E-state index in [-0.39, 0.29) is 11.6 Å². The molecule has 0 aliphatic carbocycles. The van der Waals surface area contributed by atoms with Gasteiger partial charge in [0.25, 0.3) is 0 Å². The van der Waals surface area contributed by atoms with E-state index in [2.05, 4.69) is 6.92 Å². The topological polar surface area (TPSA) is 44.5 Å². The molecule has 1 aliphatic heterocycles. The molecule has 0 spiro atoms. The average molecular weight is 235 g/mol. The van der Waals surface area contributed by atoms with Crippen LogP contribution >= 0.6 is 0 Å². The van der Waals surface area contributed by atoms with Crippen molar-refractivity contribution in [3.8, 4) is 5.75 Å². The summed E-state index contributed by atoms with van der Waals surface area (Å²) in [5, 5.41) is 0. The Bertz CT molecular complexity index is 355. The third-order valence-electron chi connectivity index (χ3n) is 3.46. The van der Waals surface area contributed by atoms with Gasteiger partial charge in [0.1, 0.15) is 5.75 Å². The zero-order chi connectivity index (χ0) is 12.3. The summed E-state index contributed by atoms with van der Waals surface area (Å²) in [4.78, 5) is 0. The van der Waals surface area contributed by atoms with Gasteiger partial charge in [-0.25, -0.2) is 0 Å². The Morgan fingerprint density at radius 3 is 2.65 bits per heavy atom. The summed E-state index contributed by atoms with van der Waals surface area (Å²) >= 11 is 0. The Labute approximate surface area is 103 Å². The molecule has 1 saturated heterocycles. The predicted molar refractivity (Wildman–Crippen MR) is 68.1 cm³/mol. The van der Waals surface area contributed by atoms with Crippen LogP contribution in [-0.4, -0.2) is 18.8 Å². The first-order valence-corrected chi connectivity index (χ1v) is 6.28. The van der Waals surface area contributed by atoms with Crippen LogP contribution in [0.4, 0.5) is 0 Å². The van der Waals surface area contributed by atoms with Crippen LogP contribution in [0.25, 0.3) is 0 Å². The van der Waals surface area contributed by atoms with Gasteiger partial charge in [-0.1, -0.05) is 12.1 Å². The number of nitrogens with two attached hydrogens (primary N) is 1. The first-order valence-electron chi connectivity index (χ1n) is 6.28. The molecule has 1 fully saturated rings. The molecule has 3 heteroatoms. The molecule has 1 aliphatic rings. The molecule has 0 radical (unpaired) electrons. The molecular formula is C14H21NO2. The van der Waals surface area contributed by atoms with E-state index in [1.807, 2.05) is 31.2 Å². The summed E-state index contributed by atoms with van der Waals surface area (Å²) in [6, 6.07) is 7.93. The largest absolute Gasteiger partial charge is 0.494 e. The zero-order valence-electron chi connectivity index (χ0n) is 10.6. The zero-order valence-corrected chi connectivity index (χ0v) is 10.6. The summed E-state index contributed by atoms with van der Waals surface area (Å²) in [5.74, 6) is 0.890. The summed E-state index contributed by atoms with van der Waals surface area (Å²) in [6.45, 7) is 5.58. The lowest BCUT2D eigenvalue weighted by molar-refractivity contribution is -0.00174. The molecule has 0 bridgehead atoms. The van der Waals surface area contributed by atoms with Gasteiger partial charge in [0.05, 0.1) is 18.2 Å². The minimum atomic E-state index is -0.215. The van der Waals surface area contributed by atoms with Gasteiger partial charge < -0.3 is 15.2 Å². The number of hydrogen-bond acceptors (Lipinski definition) is 3. The smallest absolute Gasteiger partial charge is 0.119 e. The molecule has 3 nitrogen and oxygen atoms in total. The summed E-state index contributed by atoms with van der Waals surface area (Å²) in [6.07, 6.45) is 2.13. The van der Waals surface area contributed by atoms with Gasteiger partial charge in [0.2, 0.25) is 0 Å². The second-order valence-corrected chi connectivity index (χ2v) is 4.74. The third kappa shape index (κ3) is 2.61. The highest BCUT2D eigenvalue weighted by molar-refractivity contribution is 5.30. The van der Waals surface area contributed by atoms with Gasteiger partial charge in [0.15, 0.2) is 0 Å². The lowest BCUT2D eigenvalue weighted by Gasteiger charge is -2.30. The Morgan fingerprint density at radius 1 is 1.41 bits per heavy atom. The van der Waals surface area contributed by atoms with E-state index in [9.17, 15) is 0 Å². The van der Waals surface area contributed by atoms with Crippen LogP contribution in [0, 0.1) is 0 Å². The Morgan fingerprint density at radius 2 is 2.12 bits per heavy atom. The third-order valence-corrected chi connectivity index (χ3v) is 3.46. The lowest BCUT2D eigenvalue weighted by Crippen LogP contribution is -2.37. The van der Waals surface area contributed by atoms with E-state index in [0.29, 0.717) is 6.61 Å². The maximum Gasteiger partial charge on any atom is 0.119 e. The molecule has 94 valence electrons. The van der Waals surface area contributed by atoms with Crippen molar-refractivity contribution in [2.24, 2.45) is 5.73 Å². The van der Waals surface area contributed by atoms with Crippen molar-refractivity contribution < 1.29 is 9.47 Å². The van der Waals surface area contributed by atoms with Crippen molar-refractivity contribution >= 4 is 0 Å². The standard InChI is InChI=1S/C14H21NO2/c1-3-16-12-7-5-11(6-8-12)13(15)14(2)9-4-10-17-14/h5-8,13H,3-4,9-10,15H2,1-2H3. The average Bonchev–Trinajstić information content (AvgIpc) is 2.78. The highest BCUT2D eigenvalue weighted by Gasteiger charge is 2.36. The first kappa shape index (κ1) is 12.4. The Balaban J connectivity index is 2.11. The van der Waals surface area contributed by atoms with Crippen LogP contribution in [0.3, 0.4) is 0 Å². The predicted octanol–water partition coefficient (Wildman–Crippen LogP) is 2.65. The van der Waals surface area contributed by atoms with Crippen molar-refractivity contribution in [2.45, 2.75) is 38.3 Å². The minimum absolute atomic E-state index is 0.0688. The molecular weight excluding hydrogens is 214 g/mol. The van der Waals surface area contributed by atoms with Crippen LogP contribution in [0.5, 0.6) is 5.75 Å². The van der Waals surface area contributed by atoms with Crippen LogP contribution in [0.2, 0.25) is 0 Å². The molecule has 1 aromatic rings. The van der Waals surface area contributed by atoms with Crippen molar-refractivity contribution in [3.63, 3.8) is 0 Å². The van der Waals surface area contributed by atoms with Gasteiger partial charge >= 0.3 is 0 Å². The van der Waals surface area contributed by atoms with E-state index in [1.165, 1.54) is 0 Å². The van der Waals surface area contributed by atoms with E-state index < -0.39 is 0 Å². The highest BCUT2D eigenvalue weighted by Crippen LogP contribution is 2.36. The molecule has 0 saturated carbocycles. The molecule has 2 unspecified atom stereocenters. The molecule has 1 aromatic carbocycles. The second-order valence-electron chi connectivity index (χ2n) is 4.74. The van der Waals surface area contributed by atoms with Crippen molar-refractivity contribution in [1.82, 2.24) is 0 Å².